The van der Waals surface area contributed by atoms with Crippen LogP contribution in [0.15, 0.2) is 30.3 Å². The Hall–Kier alpha value is -1.39. The molecule has 0 radical (unpaired) electrons. The zero-order valence-electron chi connectivity index (χ0n) is 10.1. The van der Waals surface area contributed by atoms with Crippen molar-refractivity contribution in [2.75, 3.05) is 13.6 Å². The second-order valence-electron chi connectivity index (χ2n) is 4.80. The molecule has 1 aromatic rings. The van der Waals surface area contributed by atoms with Gasteiger partial charge in [-0.3, -0.25) is 9.69 Å². The lowest BCUT2D eigenvalue weighted by molar-refractivity contribution is -0.125. The van der Waals surface area contributed by atoms with Crippen molar-refractivity contribution in [3.05, 3.63) is 35.9 Å². The van der Waals surface area contributed by atoms with Gasteiger partial charge in [-0.2, -0.15) is 0 Å². The molecule has 92 valence electrons. The molecule has 0 spiro atoms. The molecule has 0 saturated carbocycles. The molecule has 1 fully saturated rings. The van der Waals surface area contributed by atoms with Gasteiger partial charge < -0.3 is 11.5 Å². The highest BCUT2D eigenvalue weighted by Gasteiger charge is 2.40. The number of nitrogens with two attached hydrogens (primary N) is 2. The highest BCUT2D eigenvalue weighted by Crippen LogP contribution is 2.34. The molecule has 17 heavy (non-hydrogen) atoms. The van der Waals surface area contributed by atoms with Crippen LogP contribution in [0.5, 0.6) is 0 Å². The van der Waals surface area contributed by atoms with Crippen LogP contribution in [-0.2, 0) is 10.5 Å². The van der Waals surface area contributed by atoms with Crippen LogP contribution < -0.4 is 11.5 Å². The molecule has 2 atom stereocenters. The topological polar surface area (TPSA) is 72.3 Å². The van der Waals surface area contributed by atoms with E-state index < -0.39 is 5.66 Å². The smallest absolute Gasteiger partial charge is 0.220 e. The molecule has 1 aromatic carbocycles. The number of benzene rings is 1. The van der Waals surface area contributed by atoms with Crippen LogP contribution in [0.1, 0.15) is 18.4 Å². The summed E-state index contributed by atoms with van der Waals surface area (Å²) in [5.41, 5.74) is 12.3. The maximum absolute atomic E-state index is 11.3. The molecule has 1 aliphatic rings. The third-order valence-electron chi connectivity index (χ3n) is 3.73. The summed E-state index contributed by atoms with van der Waals surface area (Å²) in [6, 6.07) is 9.89. The standard InChI is InChI=1S/C13H19N3O/c1-16-8-7-10(12(14)17)9-13(16,15)11-5-3-2-4-6-11/h2-6,10H,7-9,15H2,1H3,(H2,14,17). The van der Waals surface area contributed by atoms with Gasteiger partial charge in [0.2, 0.25) is 5.91 Å². The molecule has 4 heteroatoms. The van der Waals surface area contributed by atoms with Gasteiger partial charge in [-0.05, 0) is 25.5 Å². The molecule has 1 heterocycles. The summed E-state index contributed by atoms with van der Waals surface area (Å²) in [5.74, 6) is -0.375. The van der Waals surface area contributed by atoms with Gasteiger partial charge in [0, 0.05) is 12.5 Å². The second kappa shape index (κ2) is 4.47. The van der Waals surface area contributed by atoms with Crippen molar-refractivity contribution in [3.8, 4) is 0 Å². The molecule has 0 aliphatic carbocycles. The van der Waals surface area contributed by atoms with Gasteiger partial charge in [-0.1, -0.05) is 30.3 Å². The monoisotopic (exact) mass is 233 g/mol. The number of hydrogen-bond acceptors (Lipinski definition) is 3. The van der Waals surface area contributed by atoms with Crippen molar-refractivity contribution >= 4 is 5.91 Å². The first kappa shape index (κ1) is 12.1. The molecule has 0 bridgehead atoms. The van der Waals surface area contributed by atoms with Gasteiger partial charge in [0.05, 0.1) is 5.66 Å². The Labute approximate surface area is 102 Å². The Bertz CT molecular complexity index is 406. The van der Waals surface area contributed by atoms with Crippen LogP contribution in [0.2, 0.25) is 0 Å². The molecule has 2 rings (SSSR count). The van der Waals surface area contributed by atoms with Crippen molar-refractivity contribution in [1.29, 1.82) is 0 Å². The fraction of sp³-hybridized carbons (Fsp3) is 0.462. The van der Waals surface area contributed by atoms with Crippen LogP contribution in [0.3, 0.4) is 0 Å². The number of hydrogen-bond donors (Lipinski definition) is 2. The van der Waals surface area contributed by atoms with E-state index in [1.807, 2.05) is 37.4 Å². The van der Waals surface area contributed by atoms with Gasteiger partial charge in [0.1, 0.15) is 0 Å². The molecular weight excluding hydrogens is 214 g/mol. The van der Waals surface area contributed by atoms with Gasteiger partial charge >= 0.3 is 0 Å². The molecule has 1 saturated heterocycles. The summed E-state index contributed by atoms with van der Waals surface area (Å²) in [6.45, 7) is 0.791. The van der Waals surface area contributed by atoms with Crippen molar-refractivity contribution in [1.82, 2.24) is 4.90 Å². The number of nitrogens with zero attached hydrogens (tertiary/aromatic N) is 1. The highest BCUT2D eigenvalue weighted by atomic mass is 16.1. The molecular formula is C13H19N3O. The second-order valence-corrected chi connectivity index (χ2v) is 4.80. The van der Waals surface area contributed by atoms with E-state index in [2.05, 4.69) is 4.90 Å². The molecule has 0 aromatic heterocycles. The van der Waals surface area contributed by atoms with Crippen molar-refractivity contribution in [2.45, 2.75) is 18.5 Å². The Kier molecular flexibility index (Phi) is 3.17. The van der Waals surface area contributed by atoms with Gasteiger partial charge in [-0.15, -0.1) is 0 Å². The Morgan fingerprint density at radius 2 is 2.06 bits per heavy atom. The van der Waals surface area contributed by atoms with Gasteiger partial charge in [0.15, 0.2) is 0 Å². The largest absolute Gasteiger partial charge is 0.369 e. The average Bonchev–Trinajstić information content (AvgIpc) is 2.33. The third kappa shape index (κ3) is 2.18. The quantitative estimate of drug-likeness (QED) is 0.786. The lowest BCUT2D eigenvalue weighted by Crippen LogP contribution is -2.57. The number of likely N-dealkylation sites (tertiary alicyclic amines) is 1. The predicted octanol–water partition coefficient (Wildman–Crippen LogP) is 0.625. The third-order valence-corrected chi connectivity index (χ3v) is 3.73. The minimum atomic E-state index is -0.584. The Balaban J connectivity index is 2.30. The lowest BCUT2D eigenvalue weighted by Gasteiger charge is -2.45. The fourth-order valence-corrected chi connectivity index (χ4v) is 2.49. The van der Waals surface area contributed by atoms with Crippen LogP contribution >= 0.6 is 0 Å². The van der Waals surface area contributed by atoms with Crippen molar-refractivity contribution in [2.24, 2.45) is 17.4 Å². The first-order valence-electron chi connectivity index (χ1n) is 5.89. The van der Waals surface area contributed by atoms with E-state index >= 15 is 0 Å². The maximum atomic E-state index is 11.3. The van der Waals surface area contributed by atoms with Gasteiger partial charge in [-0.25, -0.2) is 0 Å². The molecule has 1 amide bonds. The van der Waals surface area contributed by atoms with E-state index in [1.165, 1.54) is 0 Å². The number of primary amides is 1. The average molecular weight is 233 g/mol. The number of carbonyl (C=O) groups excluding carboxylic acids is 1. The SMILES string of the molecule is CN1CCC(C(N)=O)CC1(N)c1ccccc1. The van der Waals surface area contributed by atoms with Crippen LogP contribution in [0.25, 0.3) is 0 Å². The predicted molar refractivity (Wildman–Crippen MR) is 66.9 cm³/mol. The number of carbonyl (C=O) groups is 1. The fourth-order valence-electron chi connectivity index (χ4n) is 2.49. The maximum Gasteiger partial charge on any atom is 0.220 e. The minimum Gasteiger partial charge on any atom is -0.369 e. The summed E-state index contributed by atoms with van der Waals surface area (Å²) in [6.07, 6.45) is 1.38. The number of piperidine rings is 1. The number of amides is 1. The first-order valence-corrected chi connectivity index (χ1v) is 5.89. The molecule has 2 unspecified atom stereocenters. The van der Waals surface area contributed by atoms with Crippen LogP contribution in [-0.4, -0.2) is 24.4 Å². The van der Waals surface area contributed by atoms with E-state index in [0.29, 0.717) is 6.42 Å². The van der Waals surface area contributed by atoms with E-state index in [9.17, 15) is 4.79 Å². The minimum absolute atomic E-state index is 0.128. The highest BCUT2D eigenvalue weighted by molar-refractivity contribution is 5.76. The Morgan fingerprint density at radius 3 is 2.65 bits per heavy atom. The first-order chi connectivity index (χ1) is 8.04. The van der Waals surface area contributed by atoms with Gasteiger partial charge in [0.25, 0.3) is 0 Å². The Morgan fingerprint density at radius 1 is 1.41 bits per heavy atom. The van der Waals surface area contributed by atoms with E-state index in [1.54, 1.807) is 0 Å². The summed E-state index contributed by atoms with van der Waals surface area (Å²) in [5, 5.41) is 0. The summed E-state index contributed by atoms with van der Waals surface area (Å²) in [7, 11) is 1.99. The van der Waals surface area contributed by atoms with Crippen LogP contribution in [0.4, 0.5) is 0 Å². The zero-order chi connectivity index (χ0) is 12.5. The molecule has 4 nitrogen and oxygen atoms in total. The van der Waals surface area contributed by atoms with Crippen molar-refractivity contribution < 1.29 is 4.79 Å². The summed E-state index contributed by atoms with van der Waals surface area (Å²) < 4.78 is 0. The van der Waals surface area contributed by atoms with E-state index in [-0.39, 0.29) is 11.8 Å². The number of rotatable bonds is 2. The normalized spacial score (nSPS) is 30.1. The van der Waals surface area contributed by atoms with E-state index in [0.717, 1.165) is 18.5 Å². The summed E-state index contributed by atoms with van der Waals surface area (Å²) >= 11 is 0. The van der Waals surface area contributed by atoms with E-state index in [4.69, 9.17) is 11.5 Å². The van der Waals surface area contributed by atoms with Crippen molar-refractivity contribution in [3.63, 3.8) is 0 Å². The lowest BCUT2D eigenvalue weighted by atomic mass is 9.82. The van der Waals surface area contributed by atoms with Crippen LogP contribution in [0, 0.1) is 5.92 Å². The zero-order valence-corrected chi connectivity index (χ0v) is 10.1. The summed E-state index contributed by atoms with van der Waals surface area (Å²) in [4.78, 5) is 13.4. The molecule has 4 N–H and O–H groups in total. The molecule has 1 aliphatic heterocycles.